The highest BCUT2D eigenvalue weighted by molar-refractivity contribution is 5.90. The van der Waals surface area contributed by atoms with Crippen molar-refractivity contribution in [1.29, 1.82) is 0 Å². The molecule has 0 aliphatic rings. The van der Waals surface area contributed by atoms with Crippen LogP contribution in [0.2, 0.25) is 0 Å². The second-order valence-corrected chi connectivity index (χ2v) is 4.51. The van der Waals surface area contributed by atoms with Crippen molar-refractivity contribution in [3.8, 4) is 0 Å². The second kappa shape index (κ2) is 6.17. The SMILES string of the molecule is Cc1cc(=O)n(CCCCC(N)=O)c(C)c1C(=O)O. The number of nitrogens with zero attached hydrogens (tertiary/aromatic N) is 1. The minimum atomic E-state index is -1.04. The number of hydrogen-bond acceptors (Lipinski definition) is 3. The number of hydrogen-bond donors (Lipinski definition) is 2. The zero-order valence-electron chi connectivity index (χ0n) is 11.1. The van der Waals surface area contributed by atoms with Gasteiger partial charge in [0, 0.05) is 24.7 Å². The Labute approximate surface area is 110 Å². The van der Waals surface area contributed by atoms with E-state index >= 15 is 0 Å². The van der Waals surface area contributed by atoms with E-state index in [0.717, 1.165) is 0 Å². The van der Waals surface area contributed by atoms with E-state index in [-0.39, 0.29) is 23.5 Å². The van der Waals surface area contributed by atoms with Crippen molar-refractivity contribution in [2.45, 2.75) is 39.7 Å². The van der Waals surface area contributed by atoms with Gasteiger partial charge in [-0.15, -0.1) is 0 Å². The molecule has 104 valence electrons. The number of unbranched alkanes of at least 4 members (excludes halogenated alkanes) is 1. The Bertz CT molecular complexity index is 560. The third-order valence-corrected chi connectivity index (χ3v) is 3.04. The van der Waals surface area contributed by atoms with Crippen LogP contribution in [0, 0.1) is 13.8 Å². The molecule has 6 heteroatoms. The van der Waals surface area contributed by atoms with Crippen LogP contribution in [0.3, 0.4) is 0 Å². The number of aromatic carboxylic acids is 1. The van der Waals surface area contributed by atoms with E-state index in [2.05, 4.69) is 0 Å². The average Bonchev–Trinajstić information content (AvgIpc) is 2.26. The van der Waals surface area contributed by atoms with Crippen molar-refractivity contribution in [3.05, 3.63) is 33.2 Å². The van der Waals surface area contributed by atoms with Gasteiger partial charge >= 0.3 is 5.97 Å². The van der Waals surface area contributed by atoms with Crippen molar-refractivity contribution in [2.24, 2.45) is 5.73 Å². The van der Waals surface area contributed by atoms with Gasteiger partial charge in [-0.1, -0.05) is 0 Å². The molecule has 0 fully saturated rings. The van der Waals surface area contributed by atoms with Gasteiger partial charge in [-0.3, -0.25) is 9.59 Å². The van der Waals surface area contributed by atoms with Crippen molar-refractivity contribution >= 4 is 11.9 Å². The summed E-state index contributed by atoms with van der Waals surface area (Å²) in [6.07, 6.45) is 1.45. The average molecular weight is 266 g/mol. The van der Waals surface area contributed by atoms with Gasteiger partial charge in [-0.2, -0.15) is 0 Å². The second-order valence-electron chi connectivity index (χ2n) is 4.51. The Morgan fingerprint density at radius 2 is 1.95 bits per heavy atom. The number of carbonyl (C=O) groups excluding carboxylic acids is 1. The van der Waals surface area contributed by atoms with E-state index in [1.165, 1.54) is 10.6 Å². The number of pyridine rings is 1. The lowest BCUT2D eigenvalue weighted by Gasteiger charge is -2.13. The Hall–Kier alpha value is -2.11. The Morgan fingerprint density at radius 3 is 2.47 bits per heavy atom. The lowest BCUT2D eigenvalue weighted by molar-refractivity contribution is -0.118. The first-order valence-corrected chi connectivity index (χ1v) is 6.07. The molecule has 19 heavy (non-hydrogen) atoms. The number of carboxylic acid groups (broad SMARTS) is 1. The van der Waals surface area contributed by atoms with E-state index in [9.17, 15) is 14.4 Å². The van der Waals surface area contributed by atoms with Gasteiger partial charge in [0.25, 0.3) is 5.56 Å². The van der Waals surface area contributed by atoms with Crippen LogP contribution in [-0.4, -0.2) is 21.6 Å². The molecule has 0 radical (unpaired) electrons. The molecule has 0 saturated heterocycles. The molecule has 0 atom stereocenters. The predicted octanol–water partition coefficient (Wildman–Crippen LogP) is 0.819. The summed E-state index contributed by atoms with van der Waals surface area (Å²) < 4.78 is 1.43. The van der Waals surface area contributed by atoms with Crippen LogP contribution in [0.4, 0.5) is 0 Å². The summed E-state index contributed by atoms with van der Waals surface area (Å²) in [5.41, 5.74) is 5.87. The smallest absolute Gasteiger partial charge is 0.337 e. The molecule has 3 N–H and O–H groups in total. The first kappa shape index (κ1) is 14.9. The van der Waals surface area contributed by atoms with E-state index in [4.69, 9.17) is 10.8 Å². The zero-order chi connectivity index (χ0) is 14.6. The number of aromatic nitrogens is 1. The Balaban J connectivity index is 2.95. The van der Waals surface area contributed by atoms with E-state index < -0.39 is 5.97 Å². The molecule has 1 heterocycles. The molecule has 0 bridgehead atoms. The molecule has 1 amide bonds. The number of carboxylic acids is 1. The van der Waals surface area contributed by atoms with Crippen LogP contribution in [0.1, 0.15) is 40.9 Å². The summed E-state index contributed by atoms with van der Waals surface area (Å²) in [6.45, 7) is 3.61. The molecular formula is C13H18N2O4. The minimum Gasteiger partial charge on any atom is -0.478 e. The third-order valence-electron chi connectivity index (χ3n) is 3.04. The summed E-state index contributed by atoms with van der Waals surface area (Å²) >= 11 is 0. The van der Waals surface area contributed by atoms with Gasteiger partial charge in [0.05, 0.1) is 5.56 Å². The summed E-state index contributed by atoms with van der Waals surface area (Å²) in [5.74, 6) is -1.42. The van der Waals surface area contributed by atoms with Crippen LogP contribution in [-0.2, 0) is 11.3 Å². The normalized spacial score (nSPS) is 10.4. The van der Waals surface area contributed by atoms with Gasteiger partial charge < -0.3 is 15.4 Å². The fraction of sp³-hybridized carbons (Fsp3) is 0.462. The number of aryl methyl sites for hydroxylation is 1. The van der Waals surface area contributed by atoms with Crippen molar-refractivity contribution < 1.29 is 14.7 Å². The van der Waals surface area contributed by atoms with Gasteiger partial charge in [-0.05, 0) is 32.3 Å². The number of rotatable bonds is 6. The first-order chi connectivity index (χ1) is 8.84. The zero-order valence-corrected chi connectivity index (χ0v) is 11.1. The lowest BCUT2D eigenvalue weighted by atomic mass is 10.1. The van der Waals surface area contributed by atoms with E-state index in [1.54, 1.807) is 13.8 Å². The Kier molecular flexibility index (Phi) is 4.86. The largest absolute Gasteiger partial charge is 0.478 e. The molecule has 0 spiro atoms. The first-order valence-electron chi connectivity index (χ1n) is 6.07. The predicted molar refractivity (Wildman–Crippen MR) is 70.2 cm³/mol. The molecule has 1 rings (SSSR count). The topological polar surface area (TPSA) is 102 Å². The van der Waals surface area contributed by atoms with Crippen LogP contribution in [0.25, 0.3) is 0 Å². The standard InChI is InChI=1S/C13H18N2O4/c1-8-7-11(17)15(6-4-3-5-10(14)16)9(2)12(8)13(18)19/h7H,3-6H2,1-2H3,(H2,14,16)(H,18,19). The summed E-state index contributed by atoms with van der Waals surface area (Å²) in [5, 5.41) is 9.13. The third kappa shape index (κ3) is 3.67. The fourth-order valence-corrected chi connectivity index (χ4v) is 2.09. The summed E-state index contributed by atoms with van der Waals surface area (Å²) in [4.78, 5) is 33.6. The van der Waals surface area contributed by atoms with E-state index in [1.807, 2.05) is 0 Å². The fourth-order valence-electron chi connectivity index (χ4n) is 2.09. The molecule has 0 aromatic carbocycles. The van der Waals surface area contributed by atoms with Gasteiger partial charge in [-0.25, -0.2) is 4.79 Å². The quantitative estimate of drug-likeness (QED) is 0.744. The molecule has 1 aromatic heterocycles. The lowest BCUT2D eigenvalue weighted by Crippen LogP contribution is -2.25. The van der Waals surface area contributed by atoms with Crippen LogP contribution < -0.4 is 11.3 Å². The van der Waals surface area contributed by atoms with Crippen LogP contribution in [0.15, 0.2) is 10.9 Å². The maximum Gasteiger partial charge on any atom is 0.337 e. The van der Waals surface area contributed by atoms with Crippen LogP contribution in [0.5, 0.6) is 0 Å². The number of primary amides is 1. The maximum atomic E-state index is 11.8. The molecule has 0 saturated carbocycles. The molecule has 6 nitrogen and oxygen atoms in total. The molecule has 0 aliphatic heterocycles. The summed E-state index contributed by atoms with van der Waals surface area (Å²) in [6, 6.07) is 1.32. The number of nitrogens with two attached hydrogens (primary N) is 1. The highest BCUT2D eigenvalue weighted by atomic mass is 16.4. The number of amides is 1. The number of carbonyl (C=O) groups is 2. The minimum absolute atomic E-state index is 0.162. The van der Waals surface area contributed by atoms with Gasteiger partial charge in [0.15, 0.2) is 0 Å². The van der Waals surface area contributed by atoms with Crippen molar-refractivity contribution in [1.82, 2.24) is 4.57 Å². The molecule has 0 unspecified atom stereocenters. The Morgan fingerprint density at radius 1 is 1.32 bits per heavy atom. The van der Waals surface area contributed by atoms with Crippen molar-refractivity contribution in [3.63, 3.8) is 0 Å². The van der Waals surface area contributed by atoms with E-state index in [0.29, 0.717) is 30.6 Å². The molecule has 1 aromatic rings. The highest BCUT2D eigenvalue weighted by Gasteiger charge is 2.15. The van der Waals surface area contributed by atoms with Gasteiger partial charge in [0.2, 0.25) is 5.91 Å². The monoisotopic (exact) mass is 266 g/mol. The summed E-state index contributed by atoms with van der Waals surface area (Å²) in [7, 11) is 0. The molecular weight excluding hydrogens is 248 g/mol. The maximum absolute atomic E-state index is 11.8. The highest BCUT2D eigenvalue weighted by Crippen LogP contribution is 2.12. The van der Waals surface area contributed by atoms with Crippen molar-refractivity contribution in [2.75, 3.05) is 0 Å². The molecule has 0 aliphatic carbocycles. The van der Waals surface area contributed by atoms with Gasteiger partial charge in [0.1, 0.15) is 0 Å². The van der Waals surface area contributed by atoms with Crippen LogP contribution >= 0.6 is 0 Å².